The zero-order chi connectivity index (χ0) is 76.8. The molecule has 5 heteroatoms. The molecule has 18 rings (SSSR count). The normalized spacial score (nSPS) is 16.3. The van der Waals surface area contributed by atoms with Gasteiger partial charge >= 0.3 is 0 Å². The van der Waals surface area contributed by atoms with Gasteiger partial charge in [0.05, 0.1) is 74.6 Å². The van der Waals surface area contributed by atoms with Crippen LogP contribution in [0.15, 0.2) is 291 Å². The number of hydrogen-bond donors (Lipinski definition) is 0. The number of rotatable bonds is 5. The molecule has 0 radical (unpaired) electrons. The van der Waals surface area contributed by atoms with Gasteiger partial charge in [-0.2, -0.15) is 0 Å². The molecule has 0 bridgehead atoms. The molecule has 0 N–H and O–H groups in total. The molecule has 0 saturated carbocycles. The fourth-order valence-corrected chi connectivity index (χ4v) is 13.6. The lowest BCUT2D eigenvalue weighted by Gasteiger charge is -2.43. The van der Waals surface area contributed by atoms with Crippen molar-refractivity contribution < 1.29 is 30.2 Å². The molecule has 87 heavy (non-hydrogen) atoms. The summed E-state index contributed by atoms with van der Waals surface area (Å²) in [5.74, 6) is 0. The maximum absolute atomic E-state index is 11.5. The summed E-state index contributed by atoms with van der Waals surface area (Å²) in [5, 5.41) is 1.59. The Hall–Kier alpha value is -10.9. The van der Waals surface area contributed by atoms with Gasteiger partial charge in [0.25, 0.3) is 6.71 Å². The summed E-state index contributed by atoms with van der Waals surface area (Å²) in [6.07, 6.45) is 0. The highest BCUT2D eigenvalue weighted by Crippen LogP contribution is 2.49. The molecule has 0 spiro atoms. The highest BCUT2D eigenvalue weighted by molar-refractivity contribution is 7.00. The first-order chi connectivity index (χ1) is 52.0. The average Bonchev–Trinajstić information content (AvgIpc) is 1.67. The second-order valence-electron chi connectivity index (χ2n) is 23.0. The summed E-state index contributed by atoms with van der Waals surface area (Å²) >= 11 is 0. The van der Waals surface area contributed by atoms with E-state index in [0.717, 1.165) is 0 Å². The van der Waals surface area contributed by atoms with Crippen LogP contribution >= 0.6 is 0 Å². The van der Waals surface area contributed by atoms with Gasteiger partial charge in [-0.3, -0.25) is 0 Å². The van der Waals surface area contributed by atoms with Gasteiger partial charge in [-0.15, -0.1) is 0 Å². The zero-order valence-corrected chi connectivity index (χ0v) is 46.9. The summed E-state index contributed by atoms with van der Waals surface area (Å²) in [7, 11) is 0. The van der Waals surface area contributed by atoms with E-state index in [2.05, 4.69) is 0 Å². The van der Waals surface area contributed by atoms with Crippen LogP contribution in [0.3, 0.4) is 0 Å². The van der Waals surface area contributed by atoms with Crippen LogP contribution < -0.4 is 21.3 Å². The number of hydrogen-bond acceptors (Lipinski definition) is 1. The van der Waals surface area contributed by atoms with Crippen LogP contribution in [0, 0.1) is 0 Å². The van der Waals surface area contributed by atoms with Crippen molar-refractivity contribution in [1.29, 1.82) is 0 Å². The Morgan fingerprint density at radius 1 is 0.345 bits per heavy atom. The third-order valence-corrected chi connectivity index (χ3v) is 17.3. The SMILES string of the molecule is [2H]c1c(-n2c3c([2H])c([2H])c([2H])c([2H])c3c3c([2H])c([2H])c([2H])c([2H])c32)cc2c(c1[2H])B1c3c(c([2H])c(C(C)(C)C)c([2H])c3-n3c4c(-c5ccccc5)cccc4c4ccccc4c4ccccc4c4c(-n5c6c([2H])c([2H])c([2H])c([2H])c6c6c([2H])c([2H])c([2H])c([2H])c65)c([2H])c([2H])c1c43)N2c1ccccc1-c1ccccc1. The van der Waals surface area contributed by atoms with Gasteiger partial charge in [0.15, 0.2) is 0 Å². The standard InChI is InChI=1S/C82H57BN4/c1-82(2,3)54-49-76-79-77(50-54)87-80-57(53-27-8-5-9-28-53)38-24-39-66(80)60-32-11-10-30-58(60)59-31-12-13-37-65(59)78-74(85-72-43-22-17-35-63(72)64-36-18-23-44-73(64)85)48-47-68(81(78)87)83(79)67-46-45-55(84-70-41-20-15-33-61(70)62-34-16-21-42-71(62)84)51-75(67)86(76)69-40-19-14-29-56(69)52-25-6-4-7-26-52/h4-51H,1-3H3/i15D,16D,17D,18D,20D,21D,22D,23D,33D,34D,35D,36D,41D,42D,43D,44D,45D,46D,47D,48D,49D,50D. The van der Waals surface area contributed by atoms with Crippen LogP contribution in [0.1, 0.15) is 56.5 Å². The molecule has 2 aliphatic heterocycles. The van der Waals surface area contributed by atoms with Crippen molar-refractivity contribution in [3.63, 3.8) is 0 Å². The number of para-hydroxylation sites is 6. The minimum absolute atomic E-state index is 0.0263. The molecule has 0 fully saturated rings. The topological polar surface area (TPSA) is 18.0 Å². The molecule has 13 aromatic carbocycles. The predicted octanol–water partition coefficient (Wildman–Crippen LogP) is 19.7. The molecule has 4 nitrogen and oxygen atoms in total. The third-order valence-electron chi connectivity index (χ3n) is 17.3. The molecule has 0 atom stereocenters. The van der Waals surface area contributed by atoms with Crippen LogP contribution in [0.4, 0.5) is 17.1 Å². The van der Waals surface area contributed by atoms with Gasteiger partial charge in [-0.25, -0.2) is 0 Å². The highest BCUT2D eigenvalue weighted by Gasteiger charge is 2.44. The largest absolute Gasteiger partial charge is 0.311 e. The first-order valence-corrected chi connectivity index (χ1v) is 28.7. The van der Waals surface area contributed by atoms with E-state index in [4.69, 9.17) is 8.22 Å². The maximum Gasteiger partial charge on any atom is 0.252 e. The van der Waals surface area contributed by atoms with Gasteiger partial charge in [0.2, 0.25) is 0 Å². The van der Waals surface area contributed by atoms with Crippen molar-refractivity contribution >= 4 is 127 Å². The zero-order valence-electron chi connectivity index (χ0n) is 68.9. The number of anilines is 3. The van der Waals surface area contributed by atoms with E-state index in [9.17, 15) is 21.9 Å². The Morgan fingerprint density at radius 2 is 0.828 bits per heavy atom. The highest BCUT2D eigenvalue weighted by atomic mass is 15.2. The summed E-state index contributed by atoms with van der Waals surface area (Å²) in [6, 6.07) is 34.5. The Balaban J connectivity index is 1.19. The second-order valence-corrected chi connectivity index (χ2v) is 23.0. The number of aromatic nitrogens is 3. The van der Waals surface area contributed by atoms with E-state index in [0.29, 0.717) is 60.4 Å². The Kier molecular flexibility index (Phi) is 7.01. The van der Waals surface area contributed by atoms with E-state index in [1.54, 1.807) is 23.1 Å². The summed E-state index contributed by atoms with van der Waals surface area (Å²) in [4.78, 5) is 1.78. The molecule has 0 saturated heterocycles. The van der Waals surface area contributed by atoms with Crippen LogP contribution in [0.5, 0.6) is 0 Å². The minimum Gasteiger partial charge on any atom is -0.311 e. The van der Waals surface area contributed by atoms with Gasteiger partial charge in [-0.1, -0.05) is 251 Å². The molecule has 0 amide bonds. The molecule has 16 aromatic rings. The number of nitrogens with zero attached hydrogens (tertiary/aromatic N) is 4. The van der Waals surface area contributed by atoms with E-state index < -0.39 is 133 Å². The van der Waals surface area contributed by atoms with Crippen molar-refractivity contribution in [2.75, 3.05) is 4.90 Å². The Labute approximate surface area is 536 Å². The minimum atomic E-state index is -1.62. The Morgan fingerprint density at radius 3 is 1.45 bits per heavy atom. The molecule has 0 aliphatic carbocycles. The van der Waals surface area contributed by atoms with Gasteiger partial charge < -0.3 is 18.6 Å². The van der Waals surface area contributed by atoms with Crippen molar-refractivity contribution in [3.05, 3.63) is 296 Å². The first kappa shape index (κ1) is 32.4. The van der Waals surface area contributed by atoms with Crippen molar-refractivity contribution in [1.82, 2.24) is 13.7 Å². The van der Waals surface area contributed by atoms with Crippen molar-refractivity contribution in [3.8, 4) is 39.3 Å². The van der Waals surface area contributed by atoms with Gasteiger partial charge in [-0.05, 0) is 121 Å². The van der Waals surface area contributed by atoms with E-state index >= 15 is 0 Å². The smallest absolute Gasteiger partial charge is 0.252 e. The van der Waals surface area contributed by atoms with E-state index in [-0.39, 0.29) is 117 Å². The summed E-state index contributed by atoms with van der Waals surface area (Å²) in [6.45, 7) is 4.01. The van der Waals surface area contributed by atoms with Crippen LogP contribution in [0.25, 0.3) is 126 Å². The fourth-order valence-electron chi connectivity index (χ4n) is 13.6. The van der Waals surface area contributed by atoms with Gasteiger partial charge in [0, 0.05) is 66.2 Å². The molecule has 408 valence electrons. The summed E-state index contributed by atoms with van der Waals surface area (Å²) in [5.41, 5.74) is 0.713. The Bertz CT molecular complexity index is 6850. The fraction of sp³-hybridized carbons (Fsp3) is 0.0488. The maximum atomic E-state index is 11.5. The monoisotopic (exact) mass is 1130 g/mol. The summed E-state index contributed by atoms with van der Waals surface area (Å²) < 4.78 is 223. The van der Waals surface area contributed by atoms with Crippen molar-refractivity contribution in [2.24, 2.45) is 0 Å². The number of fused-ring (bicyclic) bond motifs is 17. The molecular formula is C82H57BN4. The average molecular weight is 1130 g/mol. The molecule has 3 aromatic heterocycles. The molecule has 0 unspecified atom stereocenters. The van der Waals surface area contributed by atoms with Crippen LogP contribution in [-0.4, -0.2) is 20.4 Å². The predicted molar refractivity (Wildman–Crippen MR) is 371 cm³/mol. The second kappa shape index (κ2) is 18.8. The third kappa shape index (κ3) is 7.20. The molecule has 2 aliphatic rings. The molecule has 5 heterocycles. The lowest BCUT2D eigenvalue weighted by molar-refractivity contribution is 0.590. The van der Waals surface area contributed by atoms with Crippen LogP contribution in [0.2, 0.25) is 0 Å². The van der Waals surface area contributed by atoms with Crippen LogP contribution in [-0.2, 0) is 5.41 Å². The quantitative estimate of drug-likeness (QED) is 0.157. The molecular weight excluding hydrogens is 1050 g/mol. The van der Waals surface area contributed by atoms with Gasteiger partial charge in [0.1, 0.15) is 0 Å². The lowest BCUT2D eigenvalue weighted by atomic mass is 9.33. The number of benzene rings is 13. The first-order valence-electron chi connectivity index (χ1n) is 39.7. The van der Waals surface area contributed by atoms with E-state index in [1.165, 1.54) is 15.2 Å². The lowest BCUT2D eigenvalue weighted by Crippen LogP contribution is -2.60. The van der Waals surface area contributed by atoms with E-state index in [1.807, 2.05) is 159 Å². The van der Waals surface area contributed by atoms with Crippen molar-refractivity contribution in [2.45, 2.75) is 26.2 Å².